The summed E-state index contributed by atoms with van der Waals surface area (Å²) in [6, 6.07) is 12.8. The van der Waals surface area contributed by atoms with Gasteiger partial charge in [-0.25, -0.2) is 4.79 Å². The quantitative estimate of drug-likeness (QED) is 0.412. The van der Waals surface area contributed by atoms with E-state index in [-0.39, 0.29) is 25.2 Å². The van der Waals surface area contributed by atoms with Crippen molar-refractivity contribution in [3.8, 4) is 11.8 Å². The highest BCUT2D eigenvalue weighted by Crippen LogP contribution is 2.17. The summed E-state index contributed by atoms with van der Waals surface area (Å²) in [4.78, 5) is 35.1. The van der Waals surface area contributed by atoms with Crippen molar-refractivity contribution < 1.29 is 24.2 Å². The maximum absolute atomic E-state index is 11.8. The number of alkyl carbamates (subject to hydrolysis) is 1. The zero-order valence-corrected chi connectivity index (χ0v) is 15.4. The van der Waals surface area contributed by atoms with Crippen molar-refractivity contribution in [1.29, 1.82) is 0 Å². The van der Waals surface area contributed by atoms with Crippen LogP contribution in [0, 0.1) is 11.8 Å². The molecule has 1 aromatic carbocycles. The second-order valence-electron chi connectivity index (χ2n) is 5.52. The highest BCUT2D eigenvalue weighted by atomic mass is 32.1. The molecule has 27 heavy (non-hydrogen) atoms. The zero-order valence-electron chi connectivity index (χ0n) is 14.6. The summed E-state index contributed by atoms with van der Waals surface area (Å²) in [5, 5.41) is 11.2. The number of carboxylic acid groups (broad SMARTS) is 1. The lowest BCUT2D eigenvalue weighted by Crippen LogP contribution is -2.24. The highest BCUT2D eigenvalue weighted by Gasteiger charge is 2.10. The van der Waals surface area contributed by atoms with Crippen molar-refractivity contribution in [2.45, 2.75) is 25.9 Å². The Morgan fingerprint density at radius 3 is 2.59 bits per heavy atom. The standard InChI is InChI=1S/C20H19NO5S/c22-17(10-12-19(23)24)18-11-9-16(27-18)8-4-5-13-21-20(25)26-14-15-6-2-1-3-7-15/h1-3,6-7,9,11H,5,10,12-14H2,(H,21,25)(H,23,24). The van der Waals surface area contributed by atoms with Gasteiger partial charge in [0, 0.05) is 19.4 Å². The summed E-state index contributed by atoms with van der Waals surface area (Å²) in [6.07, 6.45) is -0.245. The van der Waals surface area contributed by atoms with Gasteiger partial charge in [0.15, 0.2) is 5.78 Å². The van der Waals surface area contributed by atoms with Gasteiger partial charge in [0.25, 0.3) is 0 Å². The number of hydrogen-bond acceptors (Lipinski definition) is 5. The lowest BCUT2D eigenvalue weighted by molar-refractivity contribution is -0.136. The number of benzene rings is 1. The minimum Gasteiger partial charge on any atom is -0.481 e. The Balaban J connectivity index is 1.67. The molecule has 0 radical (unpaired) electrons. The molecule has 140 valence electrons. The Morgan fingerprint density at radius 1 is 1.07 bits per heavy atom. The molecule has 1 heterocycles. The van der Waals surface area contributed by atoms with E-state index in [4.69, 9.17) is 9.84 Å². The van der Waals surface area contributed by atoms with Crippen LogP contribution >= 0.6 is 11.3 Å². The maximum atomic E-state index is 11.8. The molecule has 0 saturated heterocycles. The van der Waals surface area contributed by atoms with Gasteiger partial charge in [0.05, 0.1) is 16.2 Å². The number of amides is 1. The number of aliphatic carboxylic acids is 1. The Morgan fingerprint density at radius 2 is 1.85 bits per heavy atom. The molecule has 2 aromatic rings. The van der Waals surface area contributed by atoms with Gasteiger partial charge in [-0.3, -0.25) is 9.59 Å². The summed E-state index contributed by atoms with van der Waals surface area (Å²) < 4.78 is 5.09. The van der Waals surface area contributed by atoms with Crippen LogP contribution in [0.1, 0.15) is 39.4 Å². The lowest BCUT2D eigenvalue weighted by atomic mass is 10.2. The molecule has 2 N–H and O–H groups in total. The van der Waals surface area contributed by atoms with Crippen LogP contribution in [0.25, 0.3) is 0 Å². The fraction of sp³-hybridized carbons (Fsp3) is 0.250. The molecule has 6 nitrogen and oxygen atoms in total. The molecule has 0 aliphatic carbocycles. The van der Waals surface area contributed by atoms with E-state index in [9.17, 15) is 14.4 Å². The van der Waals surface area contributed by atoms with Crippen LogP contribution < -0.4 is 5.32 Å². The molecular formula is C20H19NO5S. The van der Waals surface area contributed by atoms with Crippen LogP contribution in [-0.2, 0) is 16.1 Å². The van der Waals surface area contributed by atoms with E-state index >= 15 is 0 Å². The average molecular weight is 385 g/mol. The van der Waals surface area contributed by atoms with E-state index in [0.29, 0.717) is 17.8 Å². The summed E-state index contributed by atoms with van der Waals surface area (Å²) in [7, 11) is 0. The van der Waals surface area contributed by atoms with Crippen LogP contribution in [0.4, 0.5) is 4.79 Å². The third kappa shape index (κ3) is 7.75. The first-order chi connectivity index (χ1) is 13.0. The van der Waals surface area contributed by atoms with Crippen LogP contribution in [0.15, 0.2) is 42.5 Å². The number of Topliss-reactive ketones (excluding diaryl/α,β-unsaturated/α-hetero) is 1. The van der Waals surface area contributed by atoms with Gasteiger partial charge < -0.3 is 15.2 Å². The largest absolute Gasteiger partial charge is 0.481 e. The average Bonchev–Trinajstić information content (AvgIpc) is 3.14. The van der Waals surface area contributed by atoms with Gasteiger partial charge in [-0.2, -0.15) is 0 Å². The second kappa shape index (κ2) is 10.8. The fourth-order valence-corrected chi connectivity index (χ4v) is 2.90. The summed E-state index contributed by atoms with van der Waals surface area (Å²) >= 11 is 1.23. The number of carboxylic acids is 1. The predicted octanol–water partition coefficient (Wildman–Crippen LogP) is 3.46. The Hall–Kier alpha value is -3.11. The molecule has 0 bridgehead atoms. The van der Waals surface area contributed by atoms with Crippen molar-refractivity contribution in [3.05, 3.63) is 57.8 Å². The van der Waals surface area contributed by atoms with Crippen LogP contribution in [0.5, 0.6) is 0 Å². The monoisotopic (exact) mass is 385 g/mol. The molecule has 0 fully saturated rings. The van der Waals surface area contributed by atoms with E-state index in [2.05, 4.69) is 17.2 Å². The Labute approximate surface area is 161 Å². The minimum atomic E-state index is -0.991. The molecule has 0 atom stereocenters. The first-order valence-corrected chi connectivity index (χ1v) is 9.14. The molecule has 0 unspecified atom stereocenters. The Bertz CT molecular complexity index is 848. The van der Waals surface area contributed by atoms with Crippen LogP contribution in [-0.4, -0.2) is 29.5 Å². The van der Waals surface area contributed by atoms with E-state index in [0.717, 1.165) is 10.4 Å². The van der Waals surface area contributed by atoms with Crippen LogP contribution in [0.2, 0.25) is 0 Å². The SMILES string of the molecule is O=C(O)CCC(=O)c1ccc(C#CCCNC(=O)OCc2ccccc2)s1. The van der Waals surface area contributed by atoms with Gasteiger partial charge in [0.2, 0.25) is 0 Å². The number of hydrogen-bond donors (Lipinski definition) is 2. The molecule has 0 spiro atoms. The number of carbonyl (C=O) groups is 3. The smallest absolute Gasteiger partial charge is 0.407 e. The molecule has 0 aliphatic rings. The van der Waals surface area contributed by atoms with Crippen LogP contribution in [0.3, 0.4) is 0 Å². The number of nitrogens with one attached hydrogen (secondary N) is 1. The minimum absolute atomic E-state index is 0.0161. The number of rotatable bonds is 8. The van der Waals surface area contributed by atoms with E-state index in [1.165, 1.54) is 11.3 Å². The van der Waals surface area contributed by atoms with Gasteiger partial charge in [-0.15, -0.1) is 11.3 Å². The third-order valence-corrected chi connectivity index (χ3v) is 4.43. The predicted molar refractivity (Wildman–Crippen MR) is 102 cm³/mol. The summed E-state index contributed by atoms with van der Waals surface area (Å²) in [5.41, 5.74) is 0.916. The number of ketones is 1. The first-order valence-electron chi connectivity index (χ1n) is 8.33. The molecule has 1 amide bonds. The summed E-state index contributed by atoms with van der Waals surface area (Å²) in [6.45, 7) is 0.572. The molecule has 2 rings (SSSR count). The first kappa shape index (κ1) is 20.2. The fourth-order valence-electron chi connectivity index (χ4n) is 2.05. The van der Waals surface area contributed by atoms with Gasteiger partial charge in [-0.05, 0) is 17.7 Å². The van der Waals surface area contributed by atoms with E-state index in [1.807, 2.05) is 30.3 Å². The van der Waals surface area contributed by atoms with Gasteiger partial charge >= 0.3 is 12.1 Å². The molecule has 0 aliphatic heterocycles. The van der Waals surface area contributed by atoms with Crippen molar-refractivity contribution in [3.63, 3.8) is 0 Å². The molecular weight excluding hydrogens is 366 g/mol. The van der Waals surface area contributed by atoms with Crippen molar-refractivity contribution in [2.75, 3.05) is 6.54 Å². The highest BCUT2D eigenvalue weighted by molar-refractivity contribution is 7.14. The number of carbonyl (C=O) groups excluding carboxylic acids is 2. The topological polar surface area (TPSA) is 92.7 Å². The Kier molecular flexibility index (Phi) is 8.07. The lowest BCUT2D eigenvalue weighted by Gasteiger charge is -2.05. The van der Waals surface area contributed by atoms with E-state index < -0.39 is 12.1 Å². The number of ether oxygens (including phenoxy) is 1. The zero-order chi connectivity index (χ0) is 19.5. The third-order valence-electron chi connectivity index (χ3n) is 3.39. The number of thiophene rings is 1. The molecule has 0 saturated carbocycles. The summed E-state index contributed by atoms with van der Waals surface area (Å²) in [5.74, 6) is 4.66. The second-order valence-corrected chi connectivity index (χ2v) is 6.60. The molecule has 7 heteroatoms. The van der Waals surface area contributed by atoms with Gasteiger partial charge in [-0.1, -0.05) is 42.2 Å². The van der Waals surface area contributed by atoms with Gasteiger partial charge in [0.1, 0.15) is 6.61 Å². The van der Waals surface area contributed by atoms with Crippen molar-refractivity contribution >= 4 is 29.2 Å². The van der Waals surface area contributed by atoms with Crippen molar-refractivity contribution in [1.82, 2.24) is 5.32 Å². The maximum Gasteiger partial charge on any atom is 0.407 e. The van der Waals surface area contributed by atoms with E-state index in [1.54, 1.807) is 12.1 Å². The van der Waals surface area contributed by atoms with Crippen molar-refractivity contribution in [2.24, 2.45) is 0 Å². The molecule has 1 aromatic heterocycles. The normalized spacial score (nSPS) is 9.78.